The van der Waals surface area contributed by atoms with E-state index in [9.17, 15) is 8.78 Å². The van der Waals surface area contributed by atoms with Gasteiger partial charge < -0.3 is 0 Å². The lowest BCUT2D eigenvalue weighted by Crippen LogP contribution is -2.13. The smallest absolute Gasteiger partial charge is 0.224 e. The Labute approximate surface area is 148 Å². The summed E-state index contributed by atoms with van der Waals surface area (Å²) in [7, 11) is 0. The molecule has 1 aliphatic rings. The molecule has 1 saturated carbocycles. The third-order valence-electron chi connectivity index (χ3n) is 5.07. The van der Waals surface area contributed by atoms with Crippen LogP contribution in [0.15, 0.2) is 36.5 Å². The number of pyridine rings is 1. The minimum atomic E-state index is -1.09. The number of rotatable bonds is 3. The monoisotopic (exact) mass is 339 g/mol. The number of nitrogens with zero attached hydrogens (tertiary/aromatic N) is 1. The van der Waals surface area contributed by atoms with E-state index < -0.39 is 11.8 Å². The van der Waals surface area contributed by atoms with Gasteiger partial charge in [-0.3, -0.25) is 0 Å². The molecule has 0 saturated heterocycles. The Kier molecular flexibility index (Phi) is 5.81. The minimum Gasteiger partial charge on any atom is -0.224 e. The second-order valence-electron chi connectivity index (χ2n) is 6.87. The van der Waals surface area contributed by atoms with Gasteiger partial charge in [0.15, 0.2) is 5.82 Å². The van der Waals surface area contributed by atoms with Crippen LogP contribution in [-0.4, -0.2) is 4.98 Å². The first-order valence-electron chi connectivity index (χ1n) is 9.08. The quantitative estimate of drug-likeness (QED) is 0.506. The molecule has 0 unspecified atom stereocenters. The molecular formula is C22H23F2N. The highest BCUT2D eigenvalue weighted by molar-refractivity contribution is 5.43. The summed E-state index contributed by atoms with van der Waals surface area (Å²) < 4.78 is 26.0. The van der Waals surface area contributed by atoms with Crippen LogP contribution in [0, 0.1) is 29.5 Å². The molecule has 0 spiro atoms. The largest absolute Gasteiger partial charge is 0.248 e. The lowest BCUT2D eigenvalue weighted by Gasteiger charge is -2.28. The normalized spacial score (nSPS) is 20.0. The highest BCUT2D eigenvalue weighted by atomic mass is 19.2. The molecule has 2 aromatic rings. The molecule has 0 amide bonds. The molecule has 3 heteroatoms. The maximum atomic E-state index is 13.1. The molecule has 130 valence electrons. The summed E-state index contributed by atoms with van der Waals surface area (Å²) in [5.41, 5.74) is 2.63. The van der Waals surface area contributed by atoms with E-state index in [1.165, 1.54) is 50.3 Å². The van der Waals surface area contributed by atoms with Crippen LogP contribution in [0.5, 0.6) is 0 Å². The molecule has 1 aromatic carbocycles. The molecule has 1 nitrogen and oxygen atoms in total. The zero-order valence-corrected chi connectivity index (χ0v) is 14.6. The summed E-state index contributed by atoms with van der Waals surface area (Å²) in [6, 6.07) is 9.39. The summed E-state index contributed by atoms with van der Waals surface area (Å²) >= 11 is 0. The van der Waals surface area contributed by atoms with Crippen molar-refractivity contribution in [3.05, 3.63) is 65.0 Å². The van der Waals surface area contributed by atoms with Crippen molar-refractivity contribution in [1.82, 2.24) is 4.98 Å². The van der Waals surface area contributed by atoms with Crippen LogP contribution in [0.4, 0.5) is 8.78 Å². The molecule has 1 fully saturated rings. The predicted molar refractivity (Wildman–Crippen MR) is 96.2 cm³/mol. The molecule has 0 atom stereocenters. The van der Waals surface area contributed by atoms with Gasteiger partial charge in [0.1, 0.15) is 0 Å². The molecule has 0 aliphatic heterocycles. The topological polar surface area (TPSA) is 12.9 Å². The molecule has 25 heavy (non-hydrogen) atoms. The number of hydrogen-bond acceptors (Lipinski definition) is 1. The van der Waals surface area contributed by atoms with E-state index in [0.29, 0.717) is 11.5 Å². The van der Waals surface area contributed by atoms with Gasteiger partial charge >= 0.3 is 0 Å². The second-order valence-corrected chi connectivity index (χ2v) is 6.87. The zero-order chi connectivity index (χ0) is 17.6. The van der Waals surface area contributed by atoms with Gasteiger partial charge in [-0.05, 0) is 61.3 Å². The van der Waals surface area contributed by atoms with Crippen LogP contribution >= 0.6 is 0 Å². The molecule has 0 radical (unpaired) electrons. The lowest BCUT2D eigenvalue weighted by atomic mass is 9.77. The van der Waals surface area contributed by atoms with Gasteiger partial charge in [-0.15, -0.1) is 0 Å². The van der Waals surface area contributed by atoms with E-state index in [1.807, 2.05) is 12.1 Å². The first-order valence-corrected chi connectivity index (χ1v) is 9.08. The van der Waals surface area contributed by atoms with Crippen LogP contribution in [-0.2, 0) is 0 Å². The van der Waals surface area contributed by atoms with E-state index in [4.69, 9.17) is 0 Å². The Morgan fingerprint density at radius 2 is 1.68 bits per heavy atom. The van der Waals surface area contributed by atoms with E-state index in [1.54, 1.807) is 0 Å². The molecule has 1 aromatic heterocycles. The van der Waals surface area contributed by atoms with Crippen molar-refractivity contribution in [3.8, 4) is 11.8 Å². The summed E-state index contributed by atoms with van der Waals surface area (Å²) in [6.45, 7) is 2.27. The molecule has 3 rings (SSSR count). The van der Waals surface area contributed by atoms with Crippen LogP contribution in [0.3, 0.4) is 0 Å². The van der Waals surface area contributed by atoms with Gasteiger partial charge in [0.25, 0.3) is 0 Å². The Bertz CT molecular complexity index is 763. The molecule has 0 N–H and O–H groups in total. The number of halogens is 2. The summed E-state index contributed by atoms with van der Waals surface area (Å²) in [5.74, 6) is 5.32. The third kappa shape index (κ3) is 4.66. The SMILES string of the molecule is CCCC1CCC(c2ccc(C#Cc3cnc(F)c(F)c3)cc2)CC1. The fourth-order valence-electron chi connectivity index (χ4n) is 3.67. The molecular weight excluding hydrogens is 316 g/mol. The van der Waals surface area contributed by atoms with Crippen LogP contribution in [0.1, 0.15) is 68.1 Å². The number of hydrogen-bond donors (Lipinski definition) is 0. The lowest BCUT2D eigenvalue weighted by molar-refractivity contribution is 0.308. The third-order valence-corrected chi connectivity index (χ3v) is 5.07. The van der Waals surface area contributed by atoms with Gasteiger partial charge in [-0.1, -0.05) is 43.7 Å². The van der Waals surface area contributed by atoms with Crippen molar-refractivity contribution in [2.45, 2.75) is 51.4 Å². The van der Waals surface area contributed by atoms with Gasteiger partial charge in [-0.2, -0.15) is 4.39 Å². The fourth-order valence-corrected chi connectivity index (χ4v) is 3.67. The Morgan fingerprint density at radius 3 is 2.32 bits per heavy atom. The van der Waals surface area contributed by atoms with Gasteiger partial charge in [0.05, 0.1) is 0 Å². The zero-order valence-electron chi connectivity index (χ0n) is 14.6. The highest BCUT2D eigenvalue weighted by Gasteiger charge is 2.21. The van der Waals surface area contributed by atoms with Crippen molar-refractivity contribution in [2.24, 2.45) is 5.92 Å². The first kappa shape index (κ1) is 17.6. The Balaban J connectivity index is 1.63. The van der Waals surface area contributed by atoms with E-state index >= 15 is 0 Å². The standard InChI is InChI=1S/C22H23F2N/c1-2-3-16-6-10-19(11-7-16)20-12-8-17(9-13-20)4-5-18-14-21(23)22(24)25-15-18/h8-9,12-16,19H,2-3,6-7,10-11H2,1H3. The van der Waals surface area contributed by atoms with Crippen LogP contribution in [0.2, 0.25) is 0 Å². The number of aromatic nitrogens is 1. The van der Waals surface area contributed by atoms with Crippen molar-refractivity contribution in [2.75, 3.05) is 0 Å². The van der Waals surface area contributed by atoms with Gasteiger partial charge in [-0.25, -0.2) is 9.37 Å². The van der Waals surface area contributed by atoms with E-state index in [-0.39, 0.29) is 0 Å². The Hall–Kier alpha value is -2.21. The molecule has 1 aliphatic carbocycles. The Morgan fingerprint density at radius 1 is 1.00 bits per heavy atom. The van der Waals surface area contributed by atoms with Crippen molar-refractivity contribution < 1.29 is 8.78 Å². The minimum absolute atomic E-state index is 0.372. The second kappa shape index (κ2) is 8.25. The van der Waals surface area contributed by atoms with Gasteiger partial charge in [0, 0.05) is 17.3 Å². The summed E-state index contributed by atoms with van der Waals surface area (Å²) in [6.07, 6.45) is 9.11. The maximum absolute atomic E-state index is 13.1. The maximum Gasteiger partial charge on any atom is 0.248 e. The van der Waals surface area contributed by atoms with Crippen molar-refractivity contribution in [3.63, 3.8) is 0 Å². The first-order chi connectivity index (χ1) is 12.2. The number of benzene rings is 1. The summed E-state index contributed by atoms with van der Waals surface area (Å²) in [4.78, 5) is 3.34. The van der Waals surface area contributed by atoms with Crippen LogP contribution < -0.4 is 0 Å². The van der Waals surface area contributed by atoms with Gasteiger partial charge in [0.2, 0.25) is 5.95 Å². The molecule has 0 bridgehead atoms. The average Bonchev–Trinajstić information content (AvgIpc) is 2.64. The predicted octanol–water partition coefficient (Wildman–Crippen LogP) is 5.83. The van der Waals surface area contributed by atoms with Crippen LogP contribution in [0.25, 0.3) is 0 Å². The summed E-state index contributed by atoms with van der Waals surface area (Å²) in [5, 5.41) is 0. The van der Waals surface area contributed by atoms with E-state index in [0.717, 1.165) is 17.5 Å². The van der Waals surface area contributed by atoms with Crippen molar-refractivity contribution >= 4 is 0 Å². The fraction of sp³-hybridized carbons (Fsp3) is 0.409. The average molecular weight is 339 g/mol. The van der Waals surface area contributed by atoms with E-state index in [2.05, 4.69) is 35.9 Å². The highest BCUT2D eigenvalue weighted by Crippen LogP contribution is 2.37. The molecule has 1 heterocycles. The van der Waals surface area contributed by atoms with Crippen molar-refractivity contribution in [1.29, 1.82) is 0 Å².